The zero-order valence-electron chi connectivity index (χ0n) is 7.23. The maximum absolute atomic E-state index is 4.18. The third-order valence-electron chi connectivity index (χ3n) is 2.50. The Bertz CT molecular complexity index is 230. The van der Waals surface area contributed by atoms with Crippen molar-refractivity contribution in [3.8, 4) is 0 Å². The Morgan fingerprint density at radius 3 is 3.00 bits per heavy atom. The second-order valence-electron chi connectivity index (χ2n) is 3.44. The monoisotopic (exact) mass is 183 g/mol. The van der Waals surface area contributed by atoms with E-state index in [1.807, 2.05) is 6.20 Å². The first-order chi connectivity index (χ1) is 5.86. The molecule has 1 aliphatic rings. The minimum absolute atomic E-state index is 0.900. The molecule has 0 saturated heterocycles. The molecule has 12 heavy (non-hydrogen) atoms. The van der Waals surface area contributed by atoms with Gasteiger partial charge in [0, 0.05) is 13.6 Å². The molecule has 1 heterocycles. The highest BCUT2D eigenvalue weighted by molar-refractivity contribution is 6.99. The van der Waals surface area contributed by atoms with Crippen molar-refractivity contribution < 1.29 is 0 Å². The van der Waals surface area contributed by atoms with Gasteiger partial charge in [-0.2, -0.15) is 8.75 Å². The number of nitrogens with zero attached hydrogens (tertiary/aromatic N) is 3. The minimum atomic E-state index is 0.900. The fourth-order valence-corrected chi connectivity index (χ4v) is 1.94. The maximum Gasteiger partial charge on any atom is 0.162 e. The average Bonchev–Trinajstić information content (AvgIpc) is 2.47. The summed E-state index contributed by atoms with van der Waals surface area (Å²) in [5, 5.41) is 0. The van der Waals surface area contributed by atoms with Crippen LogP contribution in [0.3, 0.4) is 0 Å². The summed E-state index contributed by atoms with van der Waals surface area (Å²) >= 11 is 1.28. The van der Waals surface area contributed by atoms with Crippen LogP contribution in [0, 0.1) is 5.92 Å². The third-order valence-corrected chi connectivity index (χ3v) is 2.97. The van der Waals surface area contributed by atoms with E-state index in [2.05, 4.69) is 20.7 Å². The van der Waals surface area contributed by atoms with E-state index in [4.69, 9.17) is 0 Å². The predicted molar refractivity (Wildman–Crippen MR) is 50.5 cm³/mol. The van der Waals surface area contributed by atoms with Crippen molar-refractivity contribution in [3.05, 3.63) is 6.20 Å². The molecule has 1 aromatic rings. The van der Waals surface area contributed by atoms with Gasteiger partial charge in [0.15, 0.2) is 5.82 Å². The number of anilines is 1. The molecule has 1 aliphatic carbocycles. The van der Waals surface area contributed by atoms with Crippen LogP contribution in [-0.2, 0) is 0 Å². The third kappa shape index (κ3) is 1.58. The zero-order valence-corrected chi connectivity index (χ0v) is 8.05. The van der Waals surface area contributed by atoms with Gasteiger partial charge in [-0.1, -0.05) is 6.42 Å². The lowest BCUT2D eigenvalue weighted by molar-refractivity contribution is 0.321. The molecule has 0 unspecified atom stereocenters. The molecule has 0 aliphatic heterocycles. The minimum Gasteiger partial charge on any atom is -0.357 e. The summed E-state index contributed by atoms with van der Waals surface area (Å²) in [5.74, 6) is 1.92. The molecule has 0 amide bonds. The van der Waals surface area contributed by atoms with Crippen LogP contribution in [0.4, 0.5) is 5.82 Å². The van der Waals surface area contributed by atoms with E-state index in [9.17, 15) is 0 Å². The Morgan fingerprint density at radius 1 is 1.67 bits per heavy atom. The van der Waals surface area contributed by atoms with E-state index in [1.54, 1.807) is 0 Å². The highest BCUT2D eigenvalue weighted by Crippen LogP contribution is 2.27. The fourth-order valence-electron chi connectivity index (χ4n) is 1.48. The van der Waals surface area contributed by atoms with Gasteiger partial charge in [0.05, 0.1) is 17.9 Å². The summed E-state index contributed by atoms with van der Waals surface area (Å²) in [6.45, 7) is 1.14. The summed E-state index contributed by atoms with van der Waals surface area (Å²) < 4.78 is 8.17. The van der Waals surface area contributed by atoms with Crippen molar-refractivity contribution in [3.63, 3.8) is 0 Å². The predicted octanol–water partition coefficient (Wildman–Crippen LogP) is 1.77. The molecule has 1 fully saturated rings. The quantitative estimate of drug-likeness (QED) is 0.715. The van der Waals surface area contributed by atoms with E-state index in [-0.39, 0.29) is 0 Å². The molecule has 2 rings (SSSR count). The molecule has 0 atom stereocenters. The van der Waals surface area contributed by atoms with Gasteiger partial charge >= 0.3 is 0 Å². The standard InChI is InChI=1S/C8H13N3S/c1-11(6-7-3-2-4-7)8-5-9-12-10-8/h5,7H,2-4,6H2,1H3. The van der Waals surface area contributed by atoms with Crippen molar-refractivity contribution in [2.75, 3.05) is 18.5 Å². The van der Waals surface area contributed by atoms with Gasteiger partial charge in [0.25, 0.3) is 0 Å². The Kier molecular flexibility index (Phi) is 2.26. The first kappa shape index (κ1) is 7.98. The van der Waals surface area contributed by atoms with Crippen LogP contribution in [0.1, 0.15) is 19.3 Å². The molecule has 1 saturated carbocycles. The van der Waals surface area contributed by atoms with Crippen LogP contribution < -0.4 is 4.90 Å². The Balaban J connectivity index is 1.87. The van der Waals surface area contributed by atoms with Crippen LogP contribution in [0.15, 0.2) is 6.20 Å². The second-order valence-corrected chi connectivity index (χ2v) is 4.00. The van der Waals surface area contributed by atoms with Gasteiger partial charge in [0.2, 0.25) is 0 Å². The molecular weight excluding hydrogens is 170 g/mol. The lowest BCUT2D eigenvalue weighted by Crippen LogP contribution is -2.29. The SMILES string of the molecule is CN(CC1CCC1)c1cnsn1. The summed E-state index contributed by atoms with van der Waals surface area (Å²) in [6, 6.07) is 0. The lowest BCUT2D eigenvalue weighted by Gasteiger charge is -2.29. The molecule has 0 spiro atoms. The van der Waals surface area contributed by atoms with E-state index < -0.39 is 0 Å². The van der Waals surface area contributed by atoms with Crippen molar-refractivity contribution in [2.45, 2.75) is 19.3 Å². The van der Waals surface area contributed by atoms with Crippen LogP contribution >= 0.6 is 11.7 Å². The molecule has 1 aromatic heterocycles. The van der Waals surface area contributed by atoms with Crippen molar-refractivity contribution >= 4 is 17.5 Å². The first-order valence-electron chi connectivity index (χ1n) is 4.35. The maximum atomic E-state index is 4.18. The van der Waals surface area contributed by atoms with Gasteiger partial charge < -0.3 is 4.90 Å². The molecule has 4 heteroatoms. The van der Waals surface area contributed by atoms with Crippen molar-refractivity contribution in [2.24, 2.45) is 5.92 Å². The van der Waals surface area contributed by atoms with E-state index in [0.29, 0.717) is 0 Å². The Labute approximate surface area is 76.7 Å². The Morgan fingerprint density at radius 2 is 2.50 bits per heavy atom. The lowest BCUT2D eigenvalue weighted by atomic mass is 9.85. The fraction of sp³-hybridized carbons (Fsp3) is 0.750. The summed E-state index contributed by atoms with van der Waals surface area (Å²) in [7, 11) is 2.09. The van der Waals surface area contributed by atoms with Crippen molar-refractivity contribution in [1.82, 2.24) is 8.75 Å². The molecule has 0 bridgehead atoms. The normalized spacial score (nSPS) is 17.4. The van der Waals surface area contributed by atoms with Crippen molar-refractivity contribution in [1.29, 1.82) is 0 Å². The van der Waals surface area contributed by atoms with E-state index in [1.165, 1.54) is 31.0 Å². The van der Waals surface area contributed by atoms with Gasteiger partial charge in [0.1, 0.15) is 0 Å². The van der Waals surface area contributed by atoms with Gasteiger partial charge in [-0.25, -0.2) is 0 Å². The largest absolute Gasteiger partial charge is 0.357 e. The smallest absolute Gasteiger partial charge is 0.162 e. The summed E-state index contributed by atoms with van der Waals surface area (Å²) in [5.41, 5.74) is 0. The topological polar surface area (TPSA) is 29.0 Å². The Hall–Kier alpha value is -0.640. The second kappa shape index (κ2) is 3.39. The highest BCUT2D eigenvalue weighted by atomic mass is 32.1. The van der Waals surface area contributed by atoms with Crippen LogP contribution in [-0.4, -0.2) is 22.3 Å². The van der Waals surface area contributed by atoms with Gasteiger partial charge in [-0.05, 0) is 18.8 Å². The molecule has 3 nitrogen and oxygen atoms in total. The number of hydrogen-bond donors (Lipinski definition) is 0. The molecule has 66 valence electrons. The highest BCUT2D eigenvalue weighted by Gasteiger charge is 2.19. The molecular formula is C8H13N3S. The number of rotatable bonds is 3. The van der Waals surface area contributed by atoms with Crippen LogP contribution in [0.2, 0.25) is 0 Å². The summed E-state index contributed by atoms with van der Waals surface area (Å²) in [4.78, 5) is 2.20. The van der Waals surface area contributed by atoms with Gasteiger partial charge in [-0.15, -0.1) is 0 Å². The van der Waals surface area contributed by atoms with Crippen LogP contribution in [0.25, 0.3) is 0 Å². The number of aromatic nitrogens is 2. The molecule has 0 N–H and O–H groups in total. The zero-order chi connectivity index (χ0) is 8.39. The van der Waals surface area contributed by atoms with E-state index >= 15 is 0 Å². The average molecular weight is 183 g/mol. The van der Waals surface area contributed by atoms with Crippen LogP contribution in [0.5, 0.6) is 0 Å². The summed E-state index contributed by atoms with van der Waals surface area (Å²) in [6.07, 6.45) is 6.03. The molecule has 0 radical (unpaired) electrons. The van der Waals surface area contributed by atoms with Gasteiger partial charge in [-0.3, -0.25) is 0 Å². The number of hydrogen-bond acceptors (Lipinski definition) is 4. The first-order valence-corrected chi connectivity index (χ1v) is 5.08. The molecule has 0 aromatic carbocycles. The van der Waals surface area contributed by atoms with E-state index in [0.717, 1.165) is 18.3 Å².